The van der Waals surface area contributed by atoms with Crippen molar-refractivity contribution >= 4 is 17.6 Å². The van der Waals surface area contributed by atoms with Gasteiger partial charge >= 0.3 is 0 Å². The van der Waals surface area contributed by atoms with E-state index >= 15 is 0 Å². The predicted octanol–water partition coefficient (Wildman–Crippen LogP) is 2.11. The highest BCUT2D eigenvalue weighted by Gasteiger charge is 2.37. The SMILES string of the molecule is O=C(NCC1CC1)c1cnc2c(c1)CC1CN(C(=O)c3ccccc3)CCN21. The number of carbonyl (C=O) groups excluding carboxylic acids is 2. The summed E-state index contributed by atoms with van der Waals surface area (Å²) in [6, 6.07) is 11.7. The third-order valence-corrected chi connectivity index (χ3v) is 5.97. The van der Waals surface area contributed by atoms with Crippen LogP contribution in [0.15, 0.2) is 42.6 Å². The van der Waals surface area contributed by atoms with E-state index in [-0.39, 0.29) is 17.9 Å². The topological polar surface area (TPSA) is 65.5 Å². The van der Waals surface area contributed by atoms with E-state index in [2.05, 4.69) is 15.2 Å². The van der Waals surface area contributed by atoms with Crippen LogP contribution < -0.4 is 10.2 Å². The second kappa shape index (κ2) is 6.93. The van der Waals surface area contributed by atoms with E-state index in [1.807, 2.05) is 41.3 Å². The van der Waals surface area contributed by atoms with Crippen molar-refractivity contribution in [3.05, 3.63) is 59.3 Å². The van der Waals surface area contributed by atoms with E-state index in [4.69, 9.17) is 0 Å². The van der Waals surface area contributed by atoms with Crippen LogP contribution in [-0.4, -0.2) is 53.9 Å². The molecular formula is C22H24N4O2. The summed E-state index contributed by atoms with van der Waals surface area (Å²) >= 11 is 0. The maximum absolute atomic E-state index is 12.8. The molecule has 6 heteroatoms. The number of piperazine rings is 1. The molecule has 5 rings (SSSR count). The van der Waals surface area contributed by atoms with Gasteiger partial charge in [0.05, 0.1) is 11.6 Å². The molecule has 0 radical (unpaired) electrons. The summed E-state index contributed by atoms with van der Waals surface area (Å²) in [5, 5.41) is 3.01. The summed E-state index contributed by atoms with van der Waals surface area (Å²) in [7, 11) is 0. The van der Waals surface area contributed by atoms with Crippen molar-refractivity contribution in [2.75, 3.05) is 31.1 Å². The smallest absolute Gasteiger partial charge is 0.253 e. The molecule has 1 aliphatic carbocycles. The second-order valence-corrected chi connectivity index (χ2v) is 8.03. The maximum Gasteiger partial charge on any atom is 0.253 e. The fourth-order valence-electron chi connectivity index (χ4n) is 4.21. The van der Waals surface area contributed by atoms with Crippen LogP contribution in [0.3, 0.4) is 0 Å². The zero-order chi connectivity index (χ0) is 19.1. The monoisotopic (exact) mass is 376 g/mol. The summed E-state index contributed by atoms with van der Waals surface area (Å²) in [6.07, 6.45) is 4.95. The molecule has 1 unspecified atom stereocenters. The Labute approximate surface area is 164 Å². The molecule has 1 saturated carbocycles. The van der Waals surface area contributed by atoms with Gasteiger partial charge in [-0.2, -0.15) is 0 Å². The highest BCUT2D eigenvalue weighted by molar-refractivity contribution is 5.95. The number of nitrogens with one attached hydrogen (secondary N) is 1. The van der Waals surface area contributed by atoms with Crippen molar-refractivity contribution in [1.29, 1.82) is 0 Å². The summed E-state index contributed by atoms with van der Waals surface area (Å²) in [4.78, 5) is 34.0. The number of hydrogen-bond acceptors (Lipinski definition) is 4. The molecule has 0 bridgehead atoms. The lowest BCUT2D eigenvalue weighted by molar-refractivity contribution is 0.0724. The van der Waals surface area contributed by atoms with Crippen LogP contribution in [-0.2, 0) is 6.42 Å². The first-order valence-electron chi connectivity index (χ1n) is 10.1. The lowest BCUT2D eigenvalue weighted by atomic mass is 10.1. The Balaban J connectivity index is 1.28. The zero-order valence-electron chi connectivity index (χ0n) is 15.8. The fourth-order valence-corrected chi connectivity index (χ4v) is 4.21. The molecule has 144 valence electrons. The third-order valence-electron chi connectivity index (χ3n) is 5.97. The van der Waals surface area contributed by atoms with Crippen LogP contribution in [0.1, 0.15) is 39.1 Å². The van der Waals surface area contributed by atoms with E-state index in [1.54, 1.807) is 6.20 Å². The lowest BCUT2D eigenvalue weighted by Crippen LogP contribution is -2.53. The van der Waals surface area contributed by atoms with Gasteiger partial charge in [0.1, 0.15) is 5.82 Å². The molecule has 2 aliphatic heterocycles. The van der Waals surface area contributed by atoms with Gasteiger partial charge in [-0.1, -0.05) is 18.2 Å². The summed E-state index contributed by atoms with van der Waals surface area (Å²) in [5.41, 5.74) is 2.48. The Bertz CT molecular complexity index is 910. The molecule has 0 spiro atoms. The summed E-state index contributed by atoms with van der Waals surface area (Å²) in [6.45, 7) is 2.92. The summed E-state index contributed by atoms with van der Waals surface area (Å²) < 4.78 is 0. The number of aromatic nitrogens is 1. The quantitative estimate of drug-likeness (QED) is 0.888. The molecule has 1 N–H and O–H groups in total. The number of nitrogens with zero attached hydrogens (tertiary/aromatic N) is 3. The van der Waals surface area contributed by atoms with E-state index in [0.29, 0.717) is 24.6 Å². The van der Waals surface area contributed by atoms with Crippen molar-refractivity contribution in [1.82, 2.24) is 15.2 Å². The fraction of sp³-hybridized carbons (Fsp3) is 0.409. The van der Waals surface area contributed by atoms with Crippen molar-refractivity contribution in [2.45, 2.75) is 25.3 Å². The van der Waals surface area contributed by atoms with Gasteiger partial charge in [-0.05, 0) is 48.9 Å². The number of rotatable bonds is 4. The molecule has 3 heterocycles. The van der Waals surface area contributed by atoms with Gasteiger partial charge in [0.25, 0.3) is 11.8 Å². The van der Waals surface area contributed by atoms with Crippen molar-refractivity contribution in [2.24, 2.45) is 5.92 Å². The van der Waals surface area contributed by atoms with Gasteiger partial charge in [-0.3, -0.25) is 9.59 Å². The number of fused-ring (bicyclic) bond motifs is 3. The number of benzene rings is 1. The molecule has 1 aromatic carbocycles. The Hall–Kier alpha value is -2.89. The minimum absolute atomic E-state index is 0.0343. The van der Waals surface area contributed by atoms with Crippen LogP contribution in [0.4, 0.5) is 5.82 Å². The first-order chi connectivity index (χ1) is 13.7. The molecule has 3 aliphatic rings. The molecule has 28 heavy (non-hydrogen) atoms. The maximum atomic E-state index is 12.8. The van der Waals surface area contributed by atoms with Gasteiger partial charge in [0.2, 0.25) is 0 Å². The van der Waals surface area contributed by atoms with E-state index in [9.17, 15) is 9.59 Å². The Morgan fingerprint density at radius 3 is 2.71 bits per heavy atom. The third kappa shape index (κ3) is 3.23. The standard InChI is InChI=1S/C22H24N4O2/c27-21(24-12-15-6-7-15)18-10-17-11-19-14-25(8-9-26(19)20(17)23-13-18)22(28)16-4-2-1-3-5-16/h1-5,10,13,15,19H,6-9,11-12,14H2,(H,24,27). The van der Waals surface area contributed by atoms with E-state index < -0.39 is 0 Å². The van der Waals surface area contributed by atoms with Gasteiger partial charge in [-0.25, -0.2) is 4.98 Å². The van der Waals surface area contributed by atoms with Crippen LogP contribution in [0.25, 0.3) is 0 Å². The zero-order valence-corrected chi connectivity index (χ0v) is 15.8. The minimum atomic E-state index is -0.0343. The molecule has 1 saturated heterocycles. The van der Waals surface area contributed by atoms with Crippen LogP contribution in [0, 0.1) is 5.92 Å². The molecule has 2 amide bonds. The molecule has 2 fully saturated rings. The number of amides is 2. The Kier molecular flexibility index (Phi) is 4.26. The number of hydrogen-bond donors (Lipinski definition) is 1. The van der Waals surface area contributed by atoms with Gasteiger partial charge in [0.15, 0.2) is 0 Å². The average molecular weight is 376 g/mol. The summed E-state index contributed by atoms with van der Waals surface area (Å²) in [5.74, 6) is 1.68. The Morgan fingerprint density at radius 2 is 1.93 bits per heavy atom. The van der Waals surface area contributed by atoms with Crippen LogP contribution >= 0.6 is 0 Å². The minimum Gasteiger partial charge on any atom is -0.352 e. The highest BCUT2D eigenvalue weighted by Crippen LogP contribution is 2.33. The van der Waals surface area contributed by atoms with E-state index in [0.717, 1.165) is 36.5 Å². The Morgan fingerprint density at radius 1 is 1.11 bits per heavy atom. The number of carbonyl (C=O) groups is 2. The van der Waals surface area contributed by atoms with Crippen molar-refractivity contribution in [3.63, 3.8) is 0 Å². The van der Waals surface area contributed by atoms with Gasteiger partial charge < -0.3 is 15.1 Å². The van der Waals surface area contributed by atoms with Crippen molar-refractivity contribution < 1.29 is 9.59 Å². The van der Waals surface area contributed by atoms with Gasteiger partial charge in [-0.15, -0.1) is 0 Å². The average Bonchev–Trinajstić information content (AvgIpc) is 3.50. The van der Waals surface area contributed by atoms with Crippen LogP contribution in [0.2, 0.25) is 0 Å². The predicted molar refractivity (Wildman–Crippen MR) is 106 cm³/mol. The highest BCUT2D eigenvalue weighted by atomic mass is 16.2. The first kappa shape index (κ1) is 17.2. The molecule has 1 atom stereocenters. The van der Waals surface area contributed by atoms with E-state index in [1.165, 1.54) is 12.8 Å². The van der Waals surface area contributed by atoms with Crippen molar-refractivity contribution in [3.8, 4) is 0 Å². The normalized spacial score (nSPS) is 20.5. The lowest BCUT2D eigenvalue weighted by Gasteiger charge is -2.38. The van der Waals surface area contributed by atoms with Gasteiger partial charge in [0, 0.05) is 37.9 Å². The molecule has 2 aromatic rings. The molecule has 1 aromatic heterocycles. The number of anilines is 1. The molecular weight excluding hydrogens is 352 g/mol. The van der Waals surface area contributed by atoms with Crippen LogP contribution in [0.5, 0.6) is 0 Å². The molecule has 6 nitrogen and oxygen atoms in total. The second-order valence-electron chi connectivity index (χ2n) is 8.03. The number of pyridine rings is 1. The first-order valence-corrected chi connectivity index (χ1v) is 10.1. The largest absolute Gasteiger partial charge is 0.352 e.